The van der Waals surface area contributed by atoms with Crippen LogP contribution in [0.2, 0.25) is 5.02 Å². The van der Waals surface area contributed by atoms with Gasteiger partial charge in [0.1, 0.15) is 11.4 Å². The van der Waals surface area contributed by atoms with Gasteiger partial charge in [-0.05, 0) is 65.9 Å². The molecule has 0 saturated heterocycles. The summed E-state index contributed by atoms with van der Waals surface area (Å²) in [6, 6.07) is 5.79. The minimum absolute atomic E-state index is 0.0154. The fraction of sp³-hybridized carbons (Fsp3) is 0.409. The number of halogens is 5. The van der Waals surface area contributed by atoms with Crippen LogP contribution < -0.4 is 10.2 Å². The van der Waals surface area contributed by atoms with Gasteiger partial charge in [-0.15, -0.1) is 0 Å². The molecule has 1 fully saturated rings. The minimum atomic E-state index is -4.55. The van der Waals surface area contributed by atoms with Gasteiger partial charge in [0.15, 0.2) is 0 Å². The maximum atomic E-state index is 13.5. The molecule has 0 aliphatic heterocycles. The second-order valence-corrected chi connectivity index (χ2v) is 9.53. The fourth-order valence-electron chi connectivity index (χ4n) is 4.34. The van der Waals surface area contributed by atoms with E-state index in [2.05, 4.69) is 31.3 Å². The molecule has 6 nitrogen and oxygen atoms in total. The average Bonchev–Trinajstić information content (AvgIpc) is 3.10. The van der Waals surface area contributed by atoms with Gasteiger partial charge in [-0.3, -0.25) is 9.48 Å². The van der Waals surface area contributed by atoms with Crippen LogP contribution in [0.1, 0.15) is 41.9 Å². The van der Waals surface area contributed by atoms with Gasteiger partial charge in [0, 0.05) is 42.3 Å². The molecular weight excluding hydrogens is 523 g/mol. The highest BCUT2D eigenvalue weighted by Gasteiger charge is 2.35. The lowest BCUT2D eigenvalue weighted by molar-refractivity contribution is -0.140. The Hall–Kier alpha value is -2.33. The SMILES string of the molecule is CN(c1cc(C(F)(F)F)nc2ccc(Cl)cc12)C1CCC(NC(=O)c2c(Br)cnn2C)CC1. The monoisotopic (exact) mass is 543 g/mol. The van der Waals surface area contributed by atoms with E-state index in [0.29, 0.717) is 39.1 Å². The van der Waals surface area contributed by atoms with E-state index >= 15 is 0 Å². The van der Waals surface area contributed by atoms with E-state index in [1.54, 1.807) is 26.4 Å². The van der Waals surface area contributed by atoms with Gasteiger partial charge in [0.25, 0.3) is 5.91 Å². The summed E-state index contributed by atoms with van der Waals surface area (Å²) in [5, 5.41) is 8.12. The van der Waals surface area contributed by atoms with Gasteiger partial charge in [-0.2, -0.15) is 18.3 Å². The second-order valence-electron chi connectivity index (χ2n) is 8.24. The number of hydrogen-bond donors (Lipinski definition) is 1. The first kappa shape index (κ1) is 23.8. The predicted octanol–water partition coefficient (Wildman–Crippen LogP) is 5.58. The Morgan fingerprint density at radius 3 is 2.55 bits per heavy atom. The Morgan fingerprint density at radius 1 is 1.24 bits per heavy atom. The molecule has 1 saturated carbocycles. The summed E-state index contributed by atoms with van der Waals surface area (Å²) in [4.78, 5) is 18.3. The molecule has 0 atom stereocenters. The van der Waals surface area contributed by atoms with Gasteiger partial charge in [-0.1, -0.05) is 11.6 Å². The first-order chi connectivity index (χ1) is 15.5. The number of nitrogens with zero attached hydrogens (tertiary/aromatic N) is 4. The molecule has 176 valence electrons. The minimum Gasteiger partial charge on any atom is -0.371 e. The number of rotatable bonds is 4. The summed E-state index contributed by atoms with van der Waals surface area (Å²) in [6.07, 6.45) is -0.107. The third-order valence-corrected chi connectivity index (χ3v) is 6.92. The van der Waals surface area contributed by atoms with Crippen molar-refractivity contribution in [2.75, 3.05) is 11.9 Å². The summed E-state index contributed by atoms with van der Waals surface area (Å²) in [6.45, 7) is 0. The smallest absolute Gasteiger partial charge is 0.371 e. The maximum absolute atomic E-state index is 13.5. The highest BCUT2D eigenvalue weighted by atomic mass is 79.9. The maximum Gasteiger partial charge on any atom is 0.433 e. The van der Waals surface area contributed by atoms with Crippen molar-refractivity contribution in [1.29, 1.82) is 0 Å². The van der Waals surface area contributed by atoms with E-state index in [-0.39, 0.29) is 23.5 Å². The van der Waals surface area contributed by atoms with Crippen molar-refractivity contribution in [2.45, 2.75) is 43.9 Å². The van der Waals surface area contributed by atoms with E-state index in [4.69, 9.17) is 11.6 Å². The second kappa shape index (κ2) is 9.13. The van der Waals surface area contributed by atoms with E-state index in [0.717, 1.165) is 18.9 Å². The number of carbonyl (C=O) groups is 1. The molecule has 4 rings (SSSR count). The van der Waals surface area contributed by atoms with Crippen molar-refractivity contribution in [3.8, 4) is 0 Å². The number of aryl methyl sites for hydroxylation is 1. The number of hydrogen-bond acceptors (Lipinski definition) is 4. The number of amides is 1. The van der Waals surface area contributed by atoms with Crippen molar-refractivity contribution in [3.63, 3.8) is 0 Å². The number of aromatic nitrogens is 3. The van der Waals surface area contributed by atoms with Crippen LogP contribution in [-0.2, 0) is 13.2 Å². The van der Waals surface area contributed by atoms with Crippen LogP contribution in [0.3, 0.4) is 0 Å². The summed E-state index contributed by atoms with van der Waals surface area (Å²) < 4.78 is 42.5. The number of anilines is 1. The molecule has 3 aromatic rings. The lowest BCUT2D eigenvalue weighted by Crippen LogP contribution is -2.43. The quantitative estimate of drug-likeness (QED) is 0.466. The fourth-order valence-corrected chi connectivity index (χ4v) is 5.04. The van der Waals surface area contributed by atoms with E-state index in [9.17, 15) is 18.0 Å². The molecule has 1 aliphatic carbocycles. The van der Waals surface area contributed by atoms with Crippen molar-refractivity contribution in [2.24, 2.45) is 7.05 Å². The summed E-state index contributed by atoms with van der Waals surface area (Å²) in [5.41, 5.74) is 0.218. The molecule has 2 aromatic heterocycles. The van der Waals surface area contributed by atoms with Crippen LogP contribution in [0.15, 0.2) is 34.9 Å². The largest absolute Gasteiger partial charge is 0.433 e. The van der Waals surface area contributed by atoms with Crippen LogP contribution in [0.4, 0.5) is 18.9 Å². The van der Waals surface area contributed by atoms with Crippen molar-refractivity contribution in [1.82, 2.24) is 20.1 Å². The van der Waals surface area contributed by atoms with Crippen molar-refractivity contribution in [3.05, 3.63) is 51.3 Å². The highest BCUT2D eigenvalue weighted by molar-refractivity contribution is 9.10. The lowest BCUT2D eigenvalue weighted by Gasteiger charge is -2.37. The molecule has 2 heterocycles. The zero-order chi connectivity index (χ0) is 23.9. The van der Waals surface area contributed by atoms with Crippen LogP contribution in [0.5, 0.6) is 0 Å². The first-order valence-corrected chi connectivity index (χ1v) is 11.6. The molecule has 1 aliphatic rings. The molecule has 11 heteroatoms. The zero-order valence-corrected chi connectivity index (χ0v) is 20.3. The van der Waals surface area contributed by atoms with Crippen molar-refractivity contribution >= 4 is 50.0 Å². The third kappa shape index (κ3) is 4.96. The summed E-state index contributed by atoms with van der Waals surface area (Å²) in [5.74, 6) is -0.205. The number of fused-ring (bicyclic) bond motifs is 1. The molecule has 0 radical (unpaired) electrons. The van der Waals surface area contributed by atoms with Crippen LogP contribution >= 0.6 is 27.5 Å². The Kier molecular flexibility index (Phi) is 6.59. The lowest BCUT2D eigenvalue weighted by atomic mass is 9.89. The molecule has 1 aromatic carbocycles. The van der Waals surface area contributed by atoms with Gasteiger partial charge in [-0.25, -0.2) is 4.98 Å². The highest BCUT2D eigenvalue weighted by Crippen LogP contribution is 2.37. The van der Waals surface area contributed by atoms with Crippen LogP contribution in [-0.4, -0.2) is 39.8 Å². The molecule has 0 spiro atoms. The Labute approximate surface area is 202 Å². The van der Waals surface area contributed by atoms with Gasteiger partial charge < -0.3 is 10.2 Å². The Balaban J connectivity index is 1.51. The number of nitrogens with one attached hydrogen (secondary N) is 1. The molecule has 1 amide bonds. The predicted molar refractivity (Wildman–Crippen MR) is 125 cm³/mol. The van der Waals surface area contributed by atoms with Crippen molar-refractivity contribution < 1.29 is 18.0 Å². The Morgan fingerprint density at radius 2 is 1.94 bits per heavy atom. The normalized spacial score (nSPS) is 19.0. The van der Waals surface area contributed by atoms with Crippen LogP contribution in [0, 0.1) is 0 Å². The zero-order valence-electron chi connectivity index (χ0n) is 18.0. The number of alkyl halides is 3. The molecule has 0 unspecified atom stereocenters. The van der Waals surface area contributed by atoms with Gasteiger partial charge in [0.2, 0.25) is 0 Å². The summed E-state index contributed by atoms with van der Waals surface area (Å²) in [7, 11) is 3.50. The number of pyridine rings is 1. The van der Waals surface area contributed by atoms with E-state index in [1.165, 1.54) is 16.8 Å². The molecule has 1 N–H and O–H groups in total. The van der Waals surface area contributed by atoms with Gasteiger partial charge >= 0.3 is 6.18 Å². The van der Waals surface area contributed by atoms with E-state index < -0.39 is 11.9 Å². The molecule has 33 heavy (non-hydrogen) atoms. The Bertz CT molecular complexity index is 1170. The third-order valence-electron chi connectivity index (χ3n) is 6.11. The average molecular weight is 545 g/mol. The first-order valence-electron chi connectivity index (χ1n) is 10.4. The van der Waals surface area contributed by atoms with Crippen LogP contribution in [0.25, 0.3) is 10.9 Å². The summed E-state index contributed by atoms with van der Waals surface area (Å²) >= 11 is 9.46. The standard InChI is InChI=1S/C22H22BrClF3N5O/c1-31(18-10-19(22(25,26)27)30-17-8-3-12(24)9-15(17)18)14-6-4-13(5-7-14)29-21(33)20-16(23)11-28-32(20)2/h3,8-11,13-14H,4-7H2,1-2H3,(H,29,33). The number of benzene rings is 1. The topological polar surface area (TPSA) is 63.1 Å². The number of carbonyl (C=O) groups excluding carboxylic acids is 1. The molecular formula is C22H22BrClF3N5O. The molecule has 0 bridgehead atoms. The van der Waals surface area contributed by atoms with E-state index in [1.807, 2.05) is 4.90 Å². The van der Waals surface area contributed by atoms with Gasteiger partial charge in [0.05, 0.1) is 16.2 Å².